The Kier molecular flexibility index (Phi) is 3.24. The van der Waals surface area contributed by atoms with Gasteiger partial charge in [-0.15, -0.1) is 0 Å². The normalized spacial score (nSPS) is 14.5. The van der Waals surface area contributed by atoms with Crippen LogP contribution < -0.4 is 4.90 Å². The summed E-state index contributed by atoms with van der Waals surface area (Å²) in [5, 5.41) is 4.28. The first-order valence-corrected chi connectivity index (χ1v) is 7.03. The van der Waals surface area contributed by atoms with Gasteiger partial charge >= 0.3 is 0 Å². The summed E-state index contributed by atoms with van der Waals surface area (Å²) in [6.45, 7) is 2.63. The molecule has 0 bridgehead atoms. The van der Waals surface area contributed by atoms with Crippen molar-refractivity contribution in [2.24, 2.45) is 7.05 Å². The molecular weight excluding hydrogens is 253 g/mol. The Labute approximate surface area is 119 Å². The second-order valence-electron chi connectivity index (χ2n) is 5.56. The number of alkyl halides is 1. The van der Waals surface area contributed by atoms with Gasteiger partial charge in [0.2, 0.25) is 0 Å². The van der Waals surface area contributed by atoms with Crippen LogP contribution in [0.4, 0.5) is 10.1 Å². The second kappa shape index (κ2) is 4.93. The van der Waals surface area contributed by atoms with Crippen LogP contribution in [-0.4, -0.2) is 23.4 Å². The monoisotopic (exact) mass is 273 g/mol. The Morgan fingerprint density at radius 3 is 2.70 bits per heavy atom. The van der Waals surface area contributed by atoms with E-state index in [1.807, 2.05) is 30.9 Å². The number of rotatable bonds is 2. The molecule has 0 saturated carbocycles. The highest BCUT2D eigenvalue weighted by atomic mass is 19.1. The third-order valence-corrected chi connectivity index (χ3v) is 4.32. The van der Waals surface area contributed by atoms with Crippen LogP contribution in [0.3, 0.4) is 0 Å². The molecule has 106 valence electrons. The summed E-state index contributed by atoms with van der Waals surface area (Å²) in [6.07, 6.45) is 4.06. The van der Waals surface area contributed by atoms with E-state index in [0.29, 0.717) is 0 Å². The van der Waals surface area contributed by atoms with Gasteiger partial charge in [-0.05, 0) is 48.6 Å². The topological polar surface area (TPSA) is 21.1 Å². The summed E-state index contributed by atoms with van der Waals surface area (Å²) >= 11 is 0. The van der Waals surface area contributed by atoms with Gasteiger partial charge in [0.05, 0.1) is 6.20 Å². The minimum Gasteiger partial charge on any atom is -0.374 e. The molecule has 0 saturated heterocycles. The molecule has 0 amide bonds. The van der Waals surface area contributed by atoms with Gasteiger partial charge in [0.1, 0.15) is 6.67 Å². The minimum absolute atomic E-state index is 0.440. The number of aryl methyl sites for hydroxylation is 2. The number of anilines is 1. The quantitative estimate of drug-likeness (QED) is 0.837. The number of aromatic nitrogens is 2. The predicted octanol–water partition coefficient (Wildman–Crippen LogP) is 3.25. The number of hydrogen-bond donors (Lipinski definition) is 0. The van der Waals surface area contributed by atoms with Crippen LogP contribution in [-0.2, 0) is 20.1 Å². The van der Waals surface area contributed by atoms with Gasteiger partial charge < -0.3 is 4.90 Å². The van der Waals surface area contributed by atoms with Crippen molar-refractivity contribution in [2.75, 3.05) is 18.5 Å². The van der Waals surface area contributed by atoms with Crippen molar-refractivity contribution in [3.05, 3.63) is 35.2 Å². The smallest absolute Gasteiger partial charge is 0.115 e. The molecule has 0 spiro atoms. The fourth-order valence-electron chi connectivity index (χ4n) is 2.98. The molecule has 0 fully saturated rings. The second-order valence-corrected chi connectivity index (χ2v) is 5.56. The van der Waals surface area contributed by atoms with E-state index >= 15 is 0 Å². The Balaban J connectivity index is 2.18. The molecule has 0 radical (unpaired) electrons. The molecule has 3 nitrogen and oxygen atoms in total. The molecule has 0 aliphatic carbocycles. The van der Waals surface area contributed by atoms with Crippen molar-refractivity contribution in [1.82, 2.24) is 9.78 Å². The molecule has 2 heterocycles. The van der Waals surface area contributed by atoms with Gasteiger partial charge in [-0.3, -0.25) is 4.68 Å². The van der Waals surface area contributed by atoms with Gasteiger partial charge in [0.15, 0.2) is 0 Å². The largest absolute Gasteiger partial charge is 0.374 e. The van der Waals surface area contributed by atoms with Crippen LogP contribution >= 0.6 is 0 Å². The molecular formula is C16H20FN3. The number of benzene rings is 1. The summed E-state index contributed by atoms with van der Waals surface area (Å²) in [6, 6.07) is 4.17. The Hall–Kier alpha value is -1.84. The van der Waals surface area contributed by atoms with E-state index in [0.717, 1.165) is 41.8 Å². The summed E-state index contributed by atoms with van der Waals surface area (Å²) < 4.78 is 15.3. The summed E-state index contributed by atoms with van der Waals surface area (Å²) in [4.78, 5) is 2.22. The molecule has 20 heavy (non-hydrogen) atoms. The maximum absolute atomic E-state index is 13.5. The van der Waals surface area contributed by atoms with Gasteiger partial charge in [-0.1, -0.05) is 0 Å². The van der Waals surface area contributed by atoms with Crippen molar-refractivity contribution in [3.8, 4) is 11.1 Å². The molecule has 2 aromatic rings. The lowest BCUT2D eigenvalue weighted by Gasteiger charge is -2.29. The highest BCUT2D eigenvalue weighted by molar-refractivity contribution is 5.74. The van der Waals surface area contributed by atoms with E-state index < -0.39 is 6.67 Å². The molecule has 1 aliphatic rings. The Morgan fingerprint density at radius 2 is 2.05 bits per heavy atom. The molecule has 0 unspecified atom stereocenters. The van der Waals surface area contributed by atoms with E-state index in [4.69, 9.17) is 0 Å². The predicted molar refractivity (Wildman–Crippen MR) is 79.8 cm³/mol. The zero-order chi connectivity index (χ0) is 14.3. The average molecular weight is 273 g/mol. The average Bonchev–Trinajstić information content (AvgIpc) is 2.78. The lowest BCUT2D eigenvalue weighted by molar-refractivity contribution is 0.486. The molecule has 1 aromatic heterocycles. The van der Waals surface area contributed by atoms with Gasteiger partial charge in [-0.2, -0.15) is 5.10 Å². The van der Waals surface area contributed by atoms with Crippen molar-refractivity contribution in [1.29, 1.82) is 0 Å². The Morgan fingerprint density at radius 1 is 1.25 bits per heavy atom. The number of halogens is 1. The van der Waals surface area contributed by atoms with Crippen molar-refractivity contribution in [3.63, 3.8) is 0 Å². The maximum Gasteiger partial charge on any atom is 0.115 e. The third-order valence-electron chi connectivity index (χ3n) is 4.32. The Bertz CT molecular complexity index is 645. The minimum atomic E-state index is -0.440. The fraction of sp³-hybridized carbons (Fsp3) is 0.438. The first kappa shape index (κ1) is 13.2. The standard InChI is InChI=1S/C16H20FN3/c1-11-15(10-18-20(11)3)14-7-12-5-4-6-19(2)16(12)8-13(14)9-17/h7-8,10H,4-6,9H2,1-3H3. The van der Waals surface area contributed by atoms with Crippen LogP contribution in [0.5, 0.6) is 0 Å². The molecule has 4 heteroatoms. The van der Waals surface area contributed by atoms with E-state index in [1.54, 1.807) is 0 Å². The first-order valence-electron chi connectivity index (χ1n) is 7.03. The van der Waals surface area contributed by atoms with Crippen LogP contribution in [0.2, 0.25) is 0 Å². The lowest BCUT2D eigenvalue weighted by atomic mass is 9.93. The van der Waals surface area contributed by atoms with Crippen molar-refractivity contribution >= 4 is 5.69 Å². The van der Waals surface area contributed by atoms with Crippen LogP contribution in [0.1, 0.15) is 23.2 Å². The highest BCUT2D eigenvalue weighted by Gasteiger charge is 2.19. The van der Waals surface area contributed by atoms with Gasteiger partial charge in [-0.25, -0.2) is 4.39 Å². The number of nitrogens with zero attached hydrogens (tertiary/aromatic N) is 3. The van der Waals surface area contributed by atoms with E-state index in [-0.39, 0.29) is 0 Å². The fourth-order valence-corrected chi connectivity index (χ4v) is 2.98. The molecule has 3 rings (SSSR count). The van der Waals surface area contributed by atoms with E-state index in [9.17, 15) is 4.39 Å². The maximum atomic E-state index is 13.5. The summed E-state index contributed by atoms with van der Waals surface area (Å²) in [5.74, 6) is 0. The molecule has 1 aromatic carbocycles. The highest BCUT2D eigenvalue weighted by Crippen LogP contribution is 2.35. The van der Waals surface area contributed by atoms with Crippen LogP contribution in [0.15, 0.2) is 18.3 Å². The van der Waals surface area contributed by atoms with Crippen LogP contribution in [0, 0.1) is 6.92 Å². The summed E-state index contributed by atoms with van der Waals surface area (Å²) in [5.41, 5.74) is 6.35. The van der Waals surface area contributed by atoms with Crippen molar-refractivity contribution in [2.45, 2.75) is 26.4 Å². The lowest BCUT2D eigenvalue weighted by Crippen LogP contribution is -2.24. The van der Waals surface area contributed by atoms with Gasteiger partial charge in [0, 0.05) is 37.6 Å². The van der Waals surface area contributed by atoms with Crippen LogP contribution in [0.25, 0.3) is 11.1 Å². The summed E-state index contributed by atoms with van der Waals surface area (Å²) in [7, 11) is 4.00. The molecule has 0 atom stereocenters. The molecule has 1 aliphatic heterocycles. The van der Waals surface area contributed by atoms with Gasteiger partial charge in [0.25, 0.3) is 0 Å². The van der Waals surface area contributed by atoms with E-state index in [1.165, 1.54) is 11.3 Å². The zero-order valence-electron chi connectivity index (χ0n) is 12.3. The number of fused-ring (bicyclic) bond motifs is 1. The zero-order valence-corrected chi connectivity index (χ0v) is 12.3. The molecule has 0 N–H and O–H groups in total. The first-order chi connectivity index (χ1) is 9.61. The SMILES string of the molecule is Cc1c(-c2cc3c(cc2CF)N(C)CCC3)cnn1C. The third kappa shape index (κ3) is 1.99. The van der Waals surface area contributed by atoms with Crippen molar-refractivity contribution < 1.29 is 4.39 Å². The number of hydrogen-bond acceptors (Lipinski definition) is 2. The van der Waals surface area contributed by atoms with E-state index in [2.05, 4.69) is 23.1 Å².